The van der Waals surface area contributed by atoms with Gasteiger partial charge in [-0.15, -0.1) is 0 Å². The van der Waals surface area contributed by atoms with Crippen LogP contribution in [-0.2, 0) is 16.5 Å². The van der Waals surface area contributed by atoms with Crippen molar-refractivity contribution in [1.82, 2.24) is 14.9 Å². The molecule has 0 unspecified atom stereocenters. The van der Waals surface area contributed by atoms with Crippen molar-refractivity contribution in [3.05, 3.63) is 65.7 Å². The van der Waals surface area contributed by atoms with Gasteiger partial charge in [-0.3, -0.25) is 4.79 Å². The first-order chi connectivity index (χ1) is 20.1. The molecule has 224 valence electrons. The topological polar surface area (TPSA) is 124 Å². The number of alkyl halides is 3. The fourth-order valence-corrected chi connectivity index (χ4v) is 5.06. The summed E-state index contributed by atoms with van der Waals surface area (Å²) >= 11 is 0. The second-order valence-corrected chi connectivity index (χ2v) is 10.1. The zero-order chi connectivity index (χ0) is 29.9. The van der Waals surface area contributed by atoms with E-state index in [1.54, 1.807) is 30.0 Å². The minimum absolute atomic E-state index is 0.172. The summed E-state index contributed by atoms with van der Waals surface area (Å²) in [6, 6.07) is 11.9. The van der Waals surface area contributed by atoms with Crippen LogP contribution in [-0.4, -0.2) is 77.9 Å². The number of amides is 2. The SMILES string of the molecule is CCOC(=O)N1CCN(c2ccc(NC(=O)c3oc(N4CCC(O)(c5ccccc5)CC4)nc3C(F)(F)F)cn2)CC1. The zero-order valence-electron chi connectivity index (χ0n) is 22.9. The van der Waals surface area contributed by atoms with Crippen molar-refractivity contribution in [3.63, 3.8) is 0 Å². The van der Waals surface area contributed by atoms with Crippen molar-refractivity contribution in [2.45, 2.75) is 31.5 Å². The number of hydrogen-bond acceptors (Lipinski definition) is 9. The predicted octanol–water partition coefficient (Wildman–Crippen LogP) is 4.11. The molecule has 0 radical (unpaired) electrons. The first kappa shape index (κ1) is 29.2. The molecule has 2 aliphatic rings. The molecule has 2 aliphatic heterocycles. The van der Waals surface area contributed by atoms with Crippen molar-refractivity contribution < 1.29 is 37.0 Å². The molecule has 2 amide bonds. The van der Waals surface area contributed by atoms with E-state index in [4.69, 9.17) is 9.15 Å². The Balaban J connectivity index is 1.24. The number of pyridine rings is 1. The molecule has 11 nitrogen and oxygen atoms in total. The second kappa shape index (κ2) is 11.9. The maximum atomic E-state index is 13.8. The first-order valence-corrected chi connectivity index (χ1v) is 13.6. The van der Waals surface area contributed by atoms with Gasteiger partial charge in [0.1, 0.15) is 5.82 Å². The summed E-state index contributed by atoms with van der Waals surface area (Å²) in [6.07, 6.45) is -3.46. The van der Waals surface area contributed by atoms with E-state index in [1.165, 1.54) is 17.2 Å². The third kappa shape index (κ3) is 6.27. The van der Waals surface area contributed by atoms with Gasteiger partial charge in [0.05, 0.1) is 24.1 Å². The van der Waals surface area contributed by atoms with E-state index in [-0.39, 0.29) is 43.7 Å². The summed E-state index contributed by atoms with van der Waals surface area (Å²) < 4.78 is 51.9. The monoisotopic (exact) mass is 588 g/mol. The Morgan fingerprint density at radius 2 is 1.71 bits per heavy atom. The van der Waals surface area contributed by atoms with E-state index in [9.17, 15) is 27.9 Å². The van der Waals surface area contributed by atoms with Gasteiger partial charge in [0.15, 0.2) is 5.69 Å². The van der Waals surface area contributed by atoms with Crippen LogP contribution in [0.1, 0.15) is 41.6 Å². The van der Waals surface area contributed by atoms with Crippen molar-refractivity contribution in [2.75, 3.05) is 61.0 Å². The number of anilines is 3. The van der Waals surface area contributed by atoms with E-state index in [1.807, 2.05) is 23.1 Å². The molecule has 14 heteroatoms. The van der Waals surface area contributed by atoms with Crippen LogP contribution in [0.3, 0.4) is 0 Å². The average Bonchev–Trinajstić information content (AvgIpc) is 3.45. The van der Waals surface area contributed by atoms with Crippen LogP contribution < -0.4 is 15.1 Å². The number of piperidine rings is 1. The Labute approximate surface area is 239 Å². The molecular weight excluding hydrogens is 557 g/mol. The summed E-state index contributed by atoms with van der Waals surface area (Å²) in [5, 5.41) is 13.5. The Bertz CT molecular complexity index is 1380. The Morgan fingerprint density at radius 3 is 2.31 bits per heavy atom. The third-order valence-corrected chi connectivity index (χ3v) is 7.40. The molecule has 0 atom stereocenters. The van der Waals surface area contributed by atoms with Gasteiger partial charge in [-0.25, -0.2) is 9.78 Å². The highest BCUT2D eigenvalue weighted by Crippen LogP contribution is 2.38. The Kier molecular flexibility index (Phi) is 8.25. The highest BCUT2D eigenvalue weighted by Gasteiger charge is 2.43. The number of oxazole rings is 1. The van der Waals surface area contributed by atoms with Crippen molar-refractivity contribution in [2.24, 2.45) is 0 Å². The maximum Gasteiger partial charge on any atom is 0.437 e. The highest BCUT2D eigenvalue weighted by molar-refractivity contribution is 6.03. The number of benzene rings is 1. The lowest BCUT2D eigenvalue weighted by molar-refractivity contribution is -0.141. The van der Waals surface area contributed by atoms with Gasteiger partial charge < -0.3 is 34.3 Å². The quantitative estimate of drug-likeness (QED) is 0.438. The van der Waals surface area contributed by atoms with E-state index < -0.39 is 29.1 Å². The number of carbonyl (C=O) groups excluding carboxylic acids is 2. The summed E-state index contributed by atoms with van der Waals surface area (Å²) in [6.45, 7) is 4.36. The molecule has 3 aromatic rings. The van der Waals surface area contributed by atoms with Gasteiger partial charge in [-0.2, -0.15) is 18.2 Å². The second-order valence-electron chi connectivity index (χ2n) is 10.1. The molecule has 42 heavy (non-hydrogen) atoms. The molecule has 1 aromatic carbocycles. The summed E-state index contributed by atoms with van der Waals surface area (Å²) in [7, 11) is 0. The smallest absolute Gasteiger partial charge is 0.437 e. The molecule has 0 aliphatic carbocycles. The van der Waals surface area contributed by atoms with E-state index >= 15 is 0 Å². The van der Waals surface area contributed by atoms with Gasteiger partial charge in [0, 0.05) is 39.3 Å². The van der Waals surface area contributed by atoms with Crippen molar-refractivity contribution in [1.29, 1.82) is 0 Å². The number of aliphatic hydroxyl groups is 1. The van der Waals surface area contributed by atoms with Crippen molar-refractivity contribution >= 4 is 29.5 Å². The molecule has 2 aromatic heterocycles. The lowest BCUT2D eigenvalue weighted by atomic mass is 9.84. The van der Waals surface area contributed by atoms with Crippen LogP contribution in [0.2, 0.25) is 0 Å². The van der Waals surface area contributed by atoms with E-state index in [0.717, 1.165) is 5.56 Å². The minimum atomic E-state index is -4.93. The van der Waals surface area contributed by atoms with Gasteiger partial charge in [-0.05, 0) is 37.5 Å². The van der Waals surface area contributed by atoms with E-state index in [2.05, 4.69) is 15.3 Å². The van der Waals surface area contributed by atoms with Crippen LogP contribution in [0.15, 0.2) is 53.1 Å². The normalized spacial score (nSPS) is 17.2. The number of rotatable bonds is 6. The Hall–Kier alpha value is -4.33. The van der Waals surface area contributed by atoms with Gasteiger partial charge in [0.2, 0.25) is 5.76 Å². The summed E-state index contributed by atoms with van der Waals surface area (Å²) in [5.41, 5.74) is -1.65. The highest BCUT2D eigenvalue weighted by atomic mass is 19.4. The molecule has 2 N–H and O–H groups in total. The van der Waals surface area contributed by atoms with Crippen LogP contribution in [0.5, 0.6) is 0 Å². The molecule has 2 fully saturated rings. The number of halogens is 3. The molecule has 4 heterocycles. The first-order valence-electron chi connectivity index (χ1n) is 13.6. The maximum absolute atomic E-state index is 13.8. The number of ether oxygens (including phenoxy) is 1. The number of piperazine rings is 1. The molecule has 0 spiro atoms. The molecule has 5 rings (SSSR count). The lowest BCUT2D eigenvalue weighted by Crippen LogP contribution is -2.49. The van der Waals surface area contributed by atoms with Crippen molar-refractivity contribution in [3.8, 4) is 0 Å². The van der Waals surface area contributed by atoms with Crippen LogP contribution in [0, 0.1) is 0 Å². The van der Waals surface area contributed by atoms with Crippen LogP contribution in [0.4, 0.5) is 35.5 Å². The van der Waals surface area contributed by atoms with E-state index in [0.29, 0.717) is 38.6 Å². The molecule has 2 saturated heterocycles. The van der Waals surface area contributed by atoms with Gasteiger partial charge in [-0.1, -0.05) is 30.3 Å². The fraction of sp³-hybridized carbons (Fsp3) is 0.429. The number of hydrogen-bond donors (Lipinski definition) is 2. The number of carbonyl (C=O) groups is 2. The average molecular weight is 589 g/mol. The molecule has 0 saturated carbocycles. The summed E-state index contributed by atoms with van der Waals surface area (Å²) in [4.78, 5) is 37.8. The lowest BCUT2D eigenvalue weighted by Gasteiger charge is -2.37. The minimum Gasteiger partial charge on any atom is -0.450 e. The number of aromatic nitrogens is 2. The zero-order valence-corrected chi connectivity index (χ0v) is 22.9. The standard InChI is InChI=1S/C28H31F3N6O5/c1-2-41-26(39)37-16-14-35(15-17-37)21-9-8-20(18-32-21)33-24(38)22-23(28(29,30)31)34-25(42-22)36-12-10-27(40,11-13-36)19-6-4-3-5-7-19/h3-9,18,40H,2,10-17H2,1H3,(H,33,38). The largest absolute Gasteiger partial charge is 0.450 e. The molecule has 0 bridgehead atoms. The van der Waals surface area contributed by atoms with Gasteiger partial charge in [0.25, 0.3) is 11.9 Å². The predicted molar refractivity (Wildman–Crippen MR) is 146 cm³/mol. The number of nitrogens with one attached hydrogen (secondary N) is 1. The van der Waals surface area contributed by atoms with Crippen LogP contribution >= 0.6 is 0 Å². The number of nitrogens with zero attached hydrogens (tertiary/aromatic N) is 5. The third-order valence-electron chi connectivity index (χ3n) is 7.40. The van der Waals surface area contributed by atoms with Crippen LogP contribution in [0.25, 0.3) is 0 Å². The summed E-state index contributed by atoms with van der Waals surface area (Å²) in [5.74, 6) is -1.48. The molecular formula is C28H31F3N6O5. The van der Waals surface area contributed by atoms with Gasteiger partial charge >= 0.3 is 12.3 Å². The Morgan fingerprint density at radius 1 is 1.02 bits per heavy atom. The fourth-order valence-electron chi connectivity index (χ4n) is 5.06.